The van der Waals surface area contributed by atoms with Crippen molar-refractivity contribution in [1.29, 1.82) is 0 Å². The molecule has 31 heavy (non-hydrogen) atoms. The van der Waals surface area contributed by atoms with Crippen LogP contribution in [0.4, 0.5) is 0 Å². The van der Waals surface area contributed by atoms with Crippen molar-refractivity contribution in [2.45, 2.75) is 13.0 Å². The van der Waals surface area contributed by atoms with E-state index in [1.54, 1.807) is 11.1 Å². The molecule has 0 unspecified atom stereocenters. The van der Waals surface area contributed by atoms with Gasteiger partial charge in [-0.1, -0.05) is 36.4 Å². The number of carbonyl (C=O) groups excluding carboxylic acids is 2. The summed E-state index contributed by atoms with van der Waals surface area (Å²) in [6.07, 6.45) is 1.99. The Balaban J connectivity index is 1.27. The maximum absolute atomic E-state index is 12.8. The first-order valence-electron chi connectivity index (χ1n) is 10.4. The van der Waals surface area contributed by atoms with Crippen molar-refractivity contribution in [3.05, 3.63) is 95.8 Å². The number of hydrogen-bond donors (Lipinski definition) is 0. The molecule has 2 heterocycles. The molecule has 3 aromatic rings. The van der Waals surface area contributed by atoms with E-state index in [9.17, 15) is 9.59 Å². The maximum atomic E-state index is 12.8. The van der Waals surface area contributed by atoms with Gasteiger partial charge >= 0.3 is 0 Å². The molecule has 1 aliphatic heterocycles. The van der Waals surface area contributed by atoms with Crippen LogP contribution in [0.3, 0.4) is 0 Å². The minimum Gasteiger partial charge on any atom is -0.489 e. The van der Waals surface area contributed by atoms with Gasteiger partial charge in [-0.15, -0.1) is 0 Å². The molecule has 1 fully saturated rings. The van der Waals surface area contributed by atoms with Crippen LogP contribution in [0.15, 0.2) is 79.0 Å². The van der Waals surface area contributed by atoms with Gasteiger partial charge in [-0.05, 0) is 42.0 Å². The average Bonchev–Trinajstić information content (AvgIpc) is 2.84. The lowest BCUT2D eigenvalue weighted by molar-refractivity contribution is -0.132. The van der Waals surface area contributed by atoms with Crippen LogP contribution in [-0.4, -0.2) is 52.8 Å². The monoisotopic (exact) mass is 415 g/mol. The van der Waals surface area contributed by atoms with Crippen molar-refractivity contribution in [3.8, 4) is 5.75 Å². The summed E-state index contributed by atoms with van der Waals surface area (Å²) in [4.78, 5) is 33.2. The highest BCUT2D eigenvalue weighted by Gasteiger charge is 2.25. The van der Waals surface area contributed by atoms with E-state index >= 15 is 0 Å². The van der Waals surface area contributed by atoms with Crippen molar-refractivity contribution in [2.75, 3.05) is 26.2 Å². The van der Waals surface area contributed by atoms with E-state index in [4.69, 9.17) is 4.74 Å². The second kappa shape index (κ2) is 9.89. The third-order valence-electron chi connectivity index (χ3n) is 5.33. The van der Waals surface area contributed by atoms with Gasteiger partial charge in [0.15, 0.2) is 0 Å². The number of pyridine rings is 1. The zero-order valence-corrected chi connectivity index (χ0v) is 17.3. The molecule has 2 aromatic carbocycles. The van der Waals surface area contributed by atoms with Crippen LogP contribution in [0, 0.1) is 0 Å². The Kier molecular flexibility index (Phi) is 6.57. The van der Waals surface area contributed by atoms with E-state index in [0.717, 1.165) is 17.0 Å². The molecular weight excluding hydrogens is 390 g/mol. The second-order valence-electron chi connectivity index (χ2n) is 7.47. The summed E-state index contributed by atoms with van der Waals surface area (Å²) >= 11 is 0. The molecule has 158 valence electrons. The first kappa shape index (κ1) is 20.6. The Morgan fingerprint density at radius 1 is 0.806 bits per heavy atom. The molecule has 0 radical (unpaired) electrons. The van der Waals surface area contributed by atoms with E-state index < -0.39 is 0 Å². The fraction of sp³-hybridized carbons (Fsp3) is 0.240. The quantitative estimate of drug-likeness (QED) is 0.620. The normalized spacial score (nSPS) is 13.7. The van der Waals surface area contributed by atoms with Crippen molar-refractivity contribution < 1.29 is 14.3 Å². The average molecular weight is 415 g/mol. The predicted molar refractivity (Wildman–Crippen MR) is 118 cm³/mol. The molecule has 0 saturated carbocycles. The Morgan fingerprint density at radius 2 is 1.48 bits per heavy atom. The summed E-state index contributed by atoms with van der Waals surface area (Å²) < 4.78 is 5.75. The number of piperazine rings is 1. The van der Waals surface area contributed by atoms with Gasteiger partial charge in [0.25, 0.3) is 5.91 Å². The third kappa shape index (κ3) is 5.48. The summed E-state index contributed by atoms with van der Waals surface area (Å²) in [5, 5.41) is 0. The second-order valence-corrected chi connectivity index (χ2v) is 7.47. The van der Waals surface area contributed by atoms with Gasteiger partial charge in [-0.25, -0.2) is 0 Å². The smallest absolute Gasteiger partial charge is 0.253 e. The van der Waals surface area contributed by atoms with E-state index in [1.165, 1.54) is 0 Å². The maximum Gasteiger partial charge on any atom is 0.253 e. The Hall–Kier alpha value is -3.67. The van der Waals surface area contributed by atoms with Crippen LogP contribution in [0.2, 0.25) is 0 Å². The van der Waals surface area contributed by atoms with Gasteiger partial charge in [0.1, 0.15) is 12.4 Å². The topological polar surface area (TPSA) is 62.7 Å². The van der Waals surface area contributed by atoms with Gasteiger partial charge < -0.3 is 14.5 Å². The van der Waals surface area contributed by atoms with Crippen molar-refractivity contribution in [3.63, 3.8) is 0 Å². The minimum atomic E-state index is -0.00708. The number of nitrogens with zero attached hydrogens (tertiary/aromatic N) is 3. The Bertz CT molecular complexity index is 999. The first-order valence-corrected chi connectivity index (χ1v) is 10.4. The predicted octanol–water partition coefficient (Wildman–Crippen LogP) is 3.19. The van der Waals surface area contributed by atoms with E-state index in [1.807, 2.05) is 77.7 Å². The molecule has 1 saturated heterocycles. The van der Waals surface area contributed by atoms with Crippen molar-refractivity contribution in [2.24, 2.45) is 0 Å². The van der Waals surface area contributed by atoms with Crippen molar-refractivity contribution >= 4 is 11.8 Å². The largest absolute Gasteiger partial charge is 0.489 e. The van der Waals surface area contributed by atoms with Crippen LogP contribution in [0.25, 0.3) is 0 Å². The number of ether oxygens (including phenoxy) is 1. The number of hydrogen-bond acceptors (Lipinski definition) is 4. The zero-order valence-electron chi connectivity index (χ0n) is 17.3. The van der Waals surface area contributed by atoms with Crippen LogP contribution < -0.4 is 4.74 Å². The summed E-state index contributed by atoms with van der Waals surface area (Å²) in [7, 11) is 0. The van der Waals surface area contributed by atoms with Gasteiger partial charge in [-0.2, -0.15) is 0 Å². The molecule has 0 aliphatic carbocycles. The molecular formula is C25H25N3O3. The van der Waals surface area contributed by atoms with Crippen LogP contribution >= 0.6 is 0 Å². The summed E-state index contributed by atoms with van der Waals surface area (Å²) in [5.74, 6) is 0.860. The SMILES string of the molecule is O=C(Cc1ccccn1)N1CCN(C(=O)c2ccc(COc3ccccc3)cc2)CC1. The Morgan fingerprint density at radius 3 is 2.16 bits per heavy atom. The molecule has 0 bridgehead atoms. The van der Waals surface area contributed by atoms with Crippen LogP contribution in [-0.2, 0) is 17.8 Å². The summed E-state index contributed by atoms with van der Waals surface area (Å²) in [6.45, 7) is 2.60. The molecule has 6 nitrogen and oxygen atoms in total. The Labute approximate surface area is 182 Å². The minimum absolute atomic E-state index is 0.00708. The molecule has 0 spiro atoms. The van der Waals surface area contributed by atoms with E-state index in [2.05, 4.69) is 4.98 Å². The molecule has 1 aliphatic rings. The van der Waals surface area contributed by atoms with E-state index in [-0.39, 0.29) is 11.8 Å². The fourth-order valence-corrected chi connectivity index (χ4v) is 3.54. The lowest BCUT2D eigenvalue weighted by Crippen LogP contribution is -2.51. The lowest BCUT2D eigenvalue weighted by atomic mass is 10.1. The zero-order chi connectivity index (χ0) is 21.5. The van der Waals surface area contributed by atoms with Crippen LogP contribution in [0.5, 0.6) is 5.75 Å². The molecule has 4 rings (SSSR count). The first-order chi connectivity index (χ1) is 15.2. The van der Waals surface area contributed by atoms with Gasteiger partial charge in [0.2, 0.25) is 5.91 Å². The summed E-state index contributed by atoms with van der Waals surface area (Å²) in [6, 6.07) is 22.7. The van der Waals surface area contributed by atoms with Gasteiger partial charge in [-0.3, -0.25) is 14.6 Å². The van der Waals surface area contributed by atoms with E-state index in [0.29, 0.717) is 44.8 Å². The number of carbonyl (C=O) groups is 2. The number of amides is 2. The molecule has 1 aromatic heterocycles. The van der Waals surface area contributed by atoms with Crippen LogP contribution in [0.1, 0.15) is 21.6 Å². The van der Waals surface area contributed by atoms with Crippen molar-refractivity contribution in [1.82, 2.24) is 14.8 Å². The molecule has 6 heteroatoms. The standard InChI is InChI=1S/C25H25N3O3/c29-24(18-22-6-4-5-13-26-22)27-14-16-28(17-15-27)25(30)21-11-9-20(10-12-21)19-31-23-7-2-1-3-8-23/h1-13H,14-19H2. The number of aromatic nitrogens is 1. The fourth-order valence-electron chi connectivity index (χ4n) is 3.54. The highest BCUT2D eigenvalue weighted by atomic mass is 16.5. The number of para-hydroxylation sites is 1. The highest BCUT2D eigenvalue weighted by molar-refractivity contribution is 5.94. The number of benzene rings is 2. The lowest BCUT2D eigenvalue weighted by Gasteiger charge is -2.34. The molecule has 0 atom stereocenters. The summed E-state index contributed by atoms with van der Waals surface area (Å²) in [5.41, 5.74) is 2.42. The number of rotatable bonds is 6. The molecule has 2 amide bonds. The third-order valence-corrected chi connectivity index (χ3v) is 5.33. The van der Waals surface area contributed by atoms with Gasteiger partial charge in [0, 0.05) is 43.6 Å². The molecule has 0 N–H and O–H groups in total. The highest BCUT2D eigenvalue weighted by Crippen LogP contribution is 2.14. The van der Waals surface area contributed by atoms with Gasteiger partial charge in [0.05, 0.1) is 6.42 Å².